The second-order valence-corrected chi connectivity index (χ2v) is 5.79. The van der Waals surface area contributed by atoms with Gasteiger partial charge in [-0.25, -0.2) is 0 Å². The van der Waals surface area contributed by atoms with Crippen molar-refractivity contribution in [2.75, 3.05) is 24.3 Å². The number of rotatable bonds is 4. The first-order valence-electron chi connectivity index (χ1n) is 6.32. The Morgan fingerprint density at radius 3 is 2.53 bits per heavy atom. The Morgan fingerprint density at radius 2 is 1.89 bits per heavy atom. The molecule has 0 bridgehead atoms. The second-order valence-electron chi connectivity index (χ2n) is 4.88. The zero-order valence-electron chi connectivity index (χ0n) is 11.6. The molecule has 3 heteroatoms. The maximum absolute atomic E-state index is 3.50. The molecule has 0 heterocycles. The number of aryl methyl sites for hydroxylation is 1. The Morgan fingerprint density at radius 1 is 1.11 bits per heavy atom. The maximum Gasteiger partial charge on any atom is 0.0401 e. The molecule has 0 aromatic heterocycles. The summed E-state index contributed by atoms with van der Waals surface area (Å²) >= 11 is 3.50. The van der Waals surface area contributed by atoms with Gasteiger partial charge in [-0.3, -0.25) is 0 Å². The van der Waals surface area contributed by atoms with E-state index in [0.29, 0.717) is 0 Å². The van der Waals surface area contributed by atoms with Crippen molar-refractivity contribution in [2.24, 2.45) is 0 Å². The lowest BCUT2D eigenvalue weighted by Crippen LogP contribution is -2.09. The van der Waals surface area contributed by atoms with E-state index in [1.54, 1.807) is 0 Å². The van der Waals surface area contributed by atoms with E-state index in [0.717, 1.165) is 11.0 Å². The first-order valence-corrected chi connectivity index (χ1v) is 7.12. The number of hydrogen-bond acceptors (Lipinski definition) is 2. The highest BCUT2D eigenvalue weighted by Crippen LogP contribution is 2.22. The normalized spacial score (nSPS) is 10.3. The van der Waals surface area contributed by atoms with Crippen molar-refractivity contribution < 1.29 is 0 Å². The van der Waals surface area contributed by atoms with Crippen LogP contribution in [0, 0.1) is 6.92 Å². The van der Waals surface area contributed by atoms with E-state index in [1.807, 2.05) is 6.07 Å². The Kier molecular flexibility index (Phi) is 4.48. The van der Waals surface area contributed by atoms with Crippen molar-refractivity contribution in [1.29, 1.82) is 0 Å². The van der Waals surface area contributed by atoms with Crippen molar-refractivity contribution in [2.45, 2.75) is 13.5 Å². The van der Waals surface area contributed by atoms with Crippen LogP contribution in [-0.2, 0) is 6.54 Å². The van der Waals surface area contributed by atoms with E-state index in [1.165, 1.54) is 22.5 Å². The lowest BCUT2D eigenvalue weighted by molar-refractivity contribution is 1.11. The van der Waals surface area contributed by atoms with Gasteiger partial charge < -0.3 is 10.2 Å². The molecular formula is C16H19BrN2. The number of nitrogens with one attached hydrogen (secondary N) is 1. The van der Waals surface area contributed by atoms with Crippen molar-refractivity contribution in [1.82, 2.24) is 0 Å². The molecule has 0 aliphatic heterocycles. The van der Waals surface area contributed by atoms with Crippen LogP contribution in [0.15, 0.2) is 46.9 Å². The standard InChI is InChI=1S/C16H19BrN2/c1-12-9-15(19(2)3)7-8-16(12)18-11-13-5-4-6-14(17)10-13/h4-10,18H,11H2,1-3H3. The molecule has 0 spiro atoms. The minimum absolute atomic E-state index is 0.835. The molecule has 2 aromatic carbocycles. The van der Waals surface area contributed by atoms with Crippen molar-refractivity contribution in [3.8, 4) is 0 Å². The molecule has 100 valence electrons. The highest BCUT2D eigenvalue weighted by Gasteiger charge is 2.01. The van der Waals surface area contributed by atoms with E-state index in [-0.39, 0.29) is 0 Å². The summed E-state index contributed by atoms with van der Waals surface area (Å²) in [5.41, 5.74) is 4.95. The fourth-order valence-electron chi connectivity index (χ4n) is 1.97. The molecule has 0 amide bonds. The molecule has 2 rings (SSSR count). The van der Waals surface area contributed by atoms with Crippen molar-refractivity contribution in [3.63, 3.8) is 0 Å². The summed E-state index contributed by atoms with van der Waals surface area (Å²) in [4.78, 5) is 2.12. The molecule has 0 saturated carbocycles. The molecule has 19 heavy (non-hydrogen) atoms. The van der Waals surface area contributed by atoms with E-state index in [4.69, 9.17) is 0 Å². The van der Waals surface area contributed by atoms with Gasteiger partial charge in [-0.15, -0.1) is 0 Å². The quantitative estimate of drug-likeness (QED) is 0.896. The van der Waals surface area contributed by atoms with Crippen LogP contribution in [0.2, 0.25) is 0 Å². The SMILES string of the molecule is Cc1cc(N(C)C)ccc1NCc1cccc(Br)c1. The highest BCUT2D eigenvalue weighted by molar-refractivity contribution is 9.10. The molecule has 0 radical (unpaired) electrons. The van der Waals surface area contributed by atoms with E-state index in [2.05, 4.69) is 83.6 Å². The van der Waals surface area contributed by atoms with Crippen molar-refractivity contribution in [3.05, 3.63) is 58.1 Å². The predicted molar refractivity (Wildman–Crippen MR) is 87.0 cm³/mol. The molecule has 0 aliphatic carbocycles. The summed E-state index contributed by atoms with van der Waals surface area (Å²) in [6.45, 7) is 2.97. The molecule has 1 N–H and O–H groups in total. The Balaban J connectivity index is 2.07. The molecule has 2 nitrogen and oxygen atoms in total. The third-order valence-electron chi connectivity index (χ3n) is 3.10. The zero-order valence-corrected chi connectivity index (χ0v) is 13.2. The molecule has 0 fully saturated rings. The summed E-state index contributed by atoms with van der Waals surface area (Å²) in [6, 6.07) is 14.8. The van der Waals surface area contributed by atoms with Crippen LogP contribution in [0.5, 0.6) is 0 Å². The Bertz CT molecular complexity index is 564. The largest absolute Gasteiger partial charge is 0.381 e. The summed E-state index contributed by atoms with van der Waals surface area (Å²) in [6.07, 6.45) is 0. The molecule has 0 atom stereocenters. The van der Waals surface area contributed by atoms with Crippen LogP contribution < -0.4 is 10.2 Å². The summed E-state index contributed by atoms with van der Waals surface area (Å²) in [5, 5.41) is 3.48. The van der Waals surface area contributed by atoms with Crippen LogP contribution in [-0.4, -0.2) is 14.1 Å². The summed E-state index contributed by atoms with van der Waals surface area (Å²) in [7, 11) is 4.12. The molecule has 0 unspecified atom stereocenters. The first kappa shape index (κ1) is 13.9. The lowest BCUT2D eigenvalue weighted by atomic mass is 10.1. The van der Waals surface area contributed by atoms with Crippen LogP contribution in [0.3, 0.4) is 0 Å². The van der Waals surface area contributed by atoms with Gasteiger partial charge >= 0.3 is 0 Å². The van der Waals surface area contributed by atoms with Gasteiger partial charge in [0.25, 0.3) is 0 Å². The number of halogens is 1. The smallest absolute Gasteiger partial charge is 0.0401 e. The fraction of sp³-hybridized carbons (Fsp3) is 0.250. The first-order chi connectivity index (χ1) is 9.06. The minimum Gasteiger partial charge on any atom is -0.381 e. The second kappa shape index (κ2) is 6.11. The Labute approximate surface area is 123 Å². The lowest BCUT2D eigenvalue weighted by Gasteiger charge is -2.16. The van der Waals surface area contributed by atoms with E-state index < -0.39 is 0 Å². The maximum atomic E-state index is 3.50. The molecule has 0 aliphatic rings. The van der Waals surface area contributed by atoms with Gasteiger partial charge in [0, 0.05) is 36.5 Å². The zero-order chi connectivity index (χ0) is 13.8. The van der Waals surface area contributed by atoms with Gasteiger partial charge in [-0.05, 0) is 48.4 Å². The van der Waals surface area contributed by atoms with Gasteiger partial charge in [-0.1, -0.05) is 28.1 Å². The average Bonchev–Trinajstić information content (AvgIpc) is 2.37. The predicted octanol–water partition coefficient (Wildman–Crippen LogP) is 4.44. The highest BCUT2D eigenvalue weighted by atomic mass is 79.9. The number of nitrogens with zero attached hydrogens (tertiary/aromatic N) is 1. The monoisotopic (exact) mass is 318 g/mol. The third-order valence-corrected chi connectivity index (χ3v) is 3.59. The van der Waals surface area contributed by atoms with Gasteiger partial charge in [0.05, 0.1) is 0 Å². The van der Waals surface area contributed by atoms with Gasteiger partial charge in [0.2, 0.25) is 0 Å². The average molecular weight is 319 g/mol. The summed E-state index contributed by atoms with van der Waals surface area (Å²) in [5.74, 6) is 0. The van der Waals surface area contributed by atoms with Crippen LogP contribution in [0.25, 0.3) is 0 Å². The van der Waals surface area contributed by atoms with E-state index >= 15 is 0 Å². The Hall–Kier alpha value is -1.48. The van der Waals surface area contributed by atoms with Crippen LogP contribution in [0.1, 0.15) is 11.1 Å². The molecular weight excluding hydrogens is 300 g/mol. The molecule has 0 saturated heterocycles. The van der Waals surface area contributed by atoms with Crippen LogP contribution >= 0.6 is 15.9 Å². The fourth-order valence-corrected chi connectivity index (χ4v) is 2.42. The molecule has 2 aromatic rings. The van der Waals surface area contributed by atoms with Gasteiger partial charge in [0.1, 0.15) is 0 Å². The van der Waals surface area contributed by atoms with Gasteiger partial charge in [0.15, 0.2) is 0 Å². The number of hydrogen-bond donors (Lipinski definition) is 1. The topological polar surface area (TPSA) is 15.3 Å². The van der Waals surface area contributed by atoms with Crippen molar-refractivity contribution >= 4 is 27.3 Å². The summed E-state index contributed by atoms with van der Waals surface area (Å²) < 4.78 is 1.12. The number of anilines is 2. The number of benzene rings is 2. The third kappa shape index (κ3) is 3.74. The van der Waals surface area contributed by atoms with Crippen LogP contribution in [0.4, 0.5) is 11.4 Å². The van der Waals surface area contributed by atoms with E-state index in [9.17, 15) is 0 Å². The minimum atomic E-state index is 0.835. The van der Waals surface area contributed by atoms with Gasteiger partial charge in [-0.2, -0.15) is 0 Å².